The SMILES string of the molecule is Cc1cc(NC(=O)N/N=C/c2cn(Cc3ccc(Cl)cc3)c3ccccc23)ccc1Br. The number of nitrogens with one attached hydrogen (secondary N) is 2. The molecular formula is C24H20BrClN4O. The number of hydrogen-bond acceptors (Lipinski definition) is 2. The van der Waals surface area contributed by atoms with Crippen molar-refractivity contribution in [3.63, 3.8) is 0 Å². The Morgan fingerprint density at radius 3 is 2.68 bits per heavy atom. The van der Waals surface area contributed by atoms with Gasteiger partial charge in [-0.05, 0) is 54.4 Å². The van der Waals surface area contributed by atoms with Gasteiger partial charge in [0.25, 0.3) is 0 Å². The van der Waals surface area contributed by atoms with Crippen LogP contribution in [0, 0.1) is 6.92 Å². The number of rotatable bonds is 5. The Hall–Kier alpha value is -3.09. The highest BCUT2D eigenvalue weighted by Gasteiger charge is 2.08. The Kier molecular flexibility index (Phi) is 6.39. The molecule has 156 valence electrons. The smallest absolute Gasteiger partial charge is 0.339 e. The quantitative estimate of drug-likeness (QED) is 0.239. The van der Waals surface area contributed by atoms with Crippen LogP contribution in [-0.2, 0) is 6.54 Å². The van der Waals surface area contributed by atoms with Gasteiger partial charge in [-0.2, -0.15) is 5.10 Å². The number of aryl methyl sites for hydroxylation is 1. The molecule has 2 amide bonds. The summed E-state index contributed by atoms with van der Waals surface area (Å²) in [5.74, 6) is 0. The van der Waals surface area contributed by atoms with Crippen molar-refractivity contribution in [2.45, 2.75) is 13.5 Å². The fourth-order valence-electron chi connectivity index (χ4n) is 3.34. The minimum Gasteiger partial charge on any atom is -0.342 e. The molecule has 0 atom stereocenters. The van der Waals surface area contributed by atoms with E-state index in [-0.39, 0.29) is 0 Å². The lowest BCUT2D eigenvalue weighted by molar-refractivity contribution is 0.252. The van der Waals surface area contributed by atoms with Crippen LogP contribution in [-0.4, -0.2) is 16.8 Å². The van der Waals surface area contributed by atoms with Crippen molar-refractivity contribution in [2.75, 3.05) is 5.32 Å². The van der Waals surface area contributed by atoms with Crippen LogP contribution >= 0.6 is 27.5 Å². The molecule has 0 unspecified atom stereocenters. The number of amides is 2. The summed E-state index contributed by atoms with van der Waals surface area (Å²) < 4.78 is 3.15. The fourth-order valence-corrected chi connectivity index (χ4v) is 3.71. The number of hydrogen-bond donors (Lipinski definition) is 2. The number of fused-ring (bicyclic) bond motifs is 1. The van der Waals surface area contributed by atoms with Gasteiger partial charge >= 0.3 is 6.03 Å². The third-order valence-electron chi connectivity index (χ3n) is 4.87. The van der Waals surface area contributed by atoms with Crippen LogP contribution in [0.1, 0.15) is 16.7 Å². The fraction of sp³-hybridized carbons (Fsp3) is 0.0833. The minimum atomic E-state index is -0.400. The van der Waals surface area contributed by atoms with E-state index in [2.05, 4.69) is 42.4 Å². The van der Waals surface area contributed by atoms with E-state index < -0.39 is 6.03 Å². The van der Waals surface area contributed by atoms with Crippen molar-refractivity contribution in [3.05, 3.63) is 99.1 Å². The van der Waals surface area contributed by atoms with Gasteiger partial charge in [-0.25, -0.2) is 10.2 Å². The second-order valence-electron chi connectivity index (χ2n) is 7.14. The molecule has 5 nitrogen and oxygen atoms in total. The first-order valence-electron chi connectivity index (χ1n) is 9.68. The van der Waals surface area contributed by atoms with Crippen molar-refractivity contribution in [1.82, 2.24) is 9.99 Å². The summed E-state index contributed by atoms with van der Waals surface area (Å²) in [6.07, 6.45) is 3.69. The first kappa shape index (κ1) is 21.2. The Morgan fingerprint density at radius 1 is 1.13 bits per heavy atom. The van der Waals surface area contributed by atoms with Crippen LogP contribution < -0.4 is 10.7 Å². The summed E-state index contributed by atoms with van der Waals surface area (Å²) in [5.41, 5.74) is 7.43. The number of aromatic nitrogens is 1. The van der Waals surface area contributed by atoms with Crippen molar-refractivity contribution in [3.8, 4) is 0 Å². The van der Waals surface area contributed by atoms with Crippen LogP contribution in [0.3, 0.4) is 0 Å². The number of hydrazone groups is 1. The van der Waals surface area contributed by atoms with Crippen molar-refractivity contribution < 1.29 is 4.79 Å². The molecule has 0 saturated carbocycles. The second-order valence-corrected chi connectivity index (χ2v) is 8.43. The number of urea groups is 1. The van der Waals surface area contributed by atoms with E-state index in [1.165, 1.54) is 0 Å². The highest BCUT2D eigenvalue weighted by Crippen LogP contribution is 2.22. The predicted molar refractivity (Wildman–Crippen MR) is 131 cm³/mol. The summed E-state index contributed by atoms with van der Waals surface area (Å²) in [4.78, 5) is 12.2. The van der Waals surface area contributed by atoms with Gasteiger partial charge in [-0.1, -0.05) is 57.9 Å². The molecule has 4 rings (SSSR count). The Balaban J connectivity index is 1.48. The molecule has 7 heteroatoms. The average molecular weight is 496 g/mol. The molecule has 0 saturated heterocycles. The maximum absolute atomic E-state index is 12.2. The van der Waals surface area contributed by atoms with Gasteiger partial charge < -0.3 is 9.88 Å². The number of benzene rings is 3. The van der Waals surface area contributed by atoms with Gasteiger partial charge in [0.2, 0.25) is 0 Å². The monoisotopic (exact) mass is 494 g/mol. The summed E-state index contributed by atoms with van der Waals surface area (Å²) in [5, 5.41) is 8.69. The molecule has 0 bridgehead atoms. The van der Waals surface area contributed by atoms with E-state index >= 15 is 0 Å². The zero-order chi connectivity index (χ0) is 21.8. The lowest BCUT2D eigenvalue weighted by atomic mass is 10.2. The molecular weight excluding hydrogens is 476 g/mol. The number of halogens is 2. The lowest BCUT2D eigenvalue weighted by Gasteiger charge is -2.06. The molecule has 0 aliphatic carbocycles. The highest BCUT2D eigenvalue weighted by atomic mass is 79.9. The number of para-hydroxylation sites is 1. The van der Waals surface area contributed by atoms with Crippen LogP contribution in [0.25, 0.3) is 10.9 Å². The van der Waals surface area contributed by atoms with Gasteiger partial charge in [-0.3, -0.25) is 0 Å². The van der Waals surface area contributed by atoms with Gasteiger partial charge in [0.15, 0.2) is 0 Å². The number of nitrogens with zero attached hydrogens (tertiary/aromatic N) is 2. The Bertz CT molecular complexity index is 1260. The van der Waals surface area contributed by atoms with Gasteiger partial charge in [0, 0.05) is 44.4 Å². The maximum atomic E-state index is 12.2. The molecule has 0 aliphatic rings. The van der Waals surface area contributed by atoms with Crippen molar-refractivity contribution in [1.29, 1.82) is 0 Å². The van der Waals surface area contributed by atoms with E-state index in [9.17, 15) is 4.79 Å². The third-order valence-corrected chi connectivity index (χ3v) is 6.01. The molecule has 0 radical (unpaired) electrons. The maximum Gasteiger partial charge on any atom is 0.339 e. The van der Waals surface area contributed by atoms with Gasteiger partial charge in [-0.15, -0.1) is 0 Å². The van der Waals surface area contributed by atoms with Crippen LogP contribution in [0.15, 0.2) is 82.5 Å². The van der Waals surface area contributed by atoms with Crippen molar-refractivity contribution >= 4 is 56.4 Å². The highest BCUT2D eigenvalue weighted by molar-refractivity contribution is 9.10. The molecule has 0 spiro atoms. The summed E-state index contributed by atoms with van der Waals surface area (Å²) in [7, 11) is 0. The summed E-state index contributed by atoms with van der Waals surface area (Å²) in [6.45, 7) is 2.67. The molecule has 3 aromatic carbocycles. The Morgan fingerprint density at radius 2 is 1.90 bits per heavy atom. The van der Waals surface area contributed by atoms with Gasteiger partial charge in [0.05, 0.1) is 6.21 Å². The molecule has 2 N–H and O–H groups in total. The molecule has 0 aliphatic heterocycles. The molecule has 0 fully saturated rings. The van der Waals surface area contributed by atoms with E-state index in [1.54, 1.807) is 6.21 Å². The first-order chi connectivity index (χ1) is 15.0. The van der Waals surface area contributed by atoms with Crippen LogP contribution in [0.4, 0.5) is 10.5 Å². The Labute approximate surface area is 193 Å². The third kappa shape index (κ3) is 5.16. The molecule has 4 aromatic rings. The molecule has 1 aromatic heterocycles. The summed E-state index contributed by atoms with van der Waals surface area (Å²) >= 11 is 9.45. The molecule has 1 heterocycles. The van der Waals surface area contributed by atoms with Crippen LogP contribution in [0.5, 0.6) is 0 Å². The summed E-state index contributed by atoms with van der Waals surface area (Å²) in [6, 6.07) is 21.1. The predicted octanol–water partition coefficient (Wildman–Crippen LogP) is 6.57. The largest absolute Gasteiger partial charge is 0.342 e. The average Bonchev–Trinajstić information content (AvgIpc) is 3.10. The zero-order valence-corrected chi connectivity index (χ0v) is 19.1. The minimum absolute atomic E-state index is 0.400. The topological polar surface area (TPSA) is 58.4 Å². The number of carbonyl (C=O) groups excluding carboxylic acids is 1. The van der Waals surface area contributed by atoms with E-state index in [0.717, 1.165) is 37.1 Å². The standard InChI is InChI=1S/C24H20BrClN4O/c1-16-12-20(10-11-22(16)25)28-24(31)29-27-13-18-15-30(23-5-3-2-4-21(18)23)14-17-6-8-19(26)9-7-17/h2-13,15H,14H2,1H3,(H2,28,29,31)/b27-13+. The van der Waals surface area contributed by atoms with E-state index in [0.29, 0.717) is 12.2 Å². The second kappa shape index (κ2) is 9.37. The van der Waals surface area contributed by atoms with Gasteiger partial charge in [0.1, 0.15) is 0 Å². The zero-order valence-electron chi connectivity index (χ0n) is 16.8. The number of anilines is 1. The van der Waals surface area contributed by atoms with Crippen molar-refractivity contribution in [2.24, 2.45) is 5.10 Å². The lowest BCUT2D eigenvalue weighted by Crippen LogP contribution is -2.24. The first-order valence-corrected chi connectivity index (χ1v) is 10.9. The van der Waals surface area contributed by atoms with Crippen LogP contribution in [0.2, 0.25) is 5.02 Å². The van der Waals surface area contributed by atoms with E-state index in [1.807, 2.05) is 73.8 Å². The number of carbonyl (C=O) groups is 1. The van der Waals surface area contributed by atoms with E-state index in [4.69, 9.17) is 11.6 Å². The molecule has 31 heavy (non-hydrogen) atoms. The normalized spacial score (nSPS) is 11.2.